The standard InChI is InChI=1S/C16H27N3O5S2/c1-14(2)19(12-13-25(20,21)18-10-8-17-9-11-18)26(22,23)16-6-4-15(24-3)5-7-16/h4-7,14,17H,8-13H2,1-3H3. The topological polar surface area (TPSA) is 96.0 Å². The van der Waals surface area contributed by atoms with Crippen LogP contribution in [0.3, 0.4) is 0 Å². The molecule has 1 fully saturated rings. The van der Waals surface area contributed by atoms with Crippen LogP contribution >= 0.6 is 0 Å². The van der Waals surface area contributed by atoms with Crippen LogP contribution in [-0.4, -0.2) is 77.1 Å². The number of hydrogen-bond acceptors (Lipinski definition) is 6. The van der Waals surface area contributed by atoms with E-state index in [9.17, 15) is 16.8 Å². The number of nitrogens with zero attached hydrogens (tertiary/aromatic N) is 2. The molecule has 10 heteroatoms. The van der Waals surface area contributed by atoms with Gasteiger partial charge in [-0.2, -0.15) is 8.61 Å². The lowest BCUT2D eigenvalue weighted by Crippen LogP contribution is -2.49. The van der Waals surface area contributed by atoms with Gasteiger partial charge in [0.2, 0.25) is 20.0 Å². The molecule has 1 aromatic carbocycles. The first-order valence-electron chi connectivity index (χ1n) is 8.53. The first-order valence-corrected chi connectivity index (χ1v) is 11.6. The second kappa shape index (κ2) is 8.66. The maximum Gasteiger partial charge on any atom is 0.243 e. The molecule has 1 aliphatic rings. The van der Waals surface area contributed by atoms with Crippen molar-refractivity contribution in [3.8, 4) is 5.75 Å². The van der Waals surface area contributed by atoms with Crippen molar-refractivity contribution >= 4 is 20.0 Å². The van der Waals surface area contributed by atoms with E-state index >= 15 is 0 Å². The summed E-state index contributed by atoms with van der Waals surface area (Å²) >= 11 is 0. The molecule has 0 bridgehead atoms. The van der Waals surface area contributed by atoms with Gasteiger partial charge < -0.3 is 10.1 Å². The molecular weight excluding hydrogens is 378 g/mol. The highest BCUT2D eigenvalue weighted by atomic mass is 32.2. The SMILES string of the molecule is COc1ccc(S(=O)(=O)N(CCS(=O)(=O)N2CCNCC2)C(C)C)cc1. The summed E-state index contributed by atoms with van der Waals surface area (Å²) in [6, 6.07) is 5.72. The zero-order valence-electron chi connectivity index (χ0n) is 15.4. The van der Waals surface area contributed by atoms with Crippen molar-refractivity contribution in [3.05, 3.63) is 24.3 Å². The lowest BCUT2D eigenvalue weighted by atomic mass is 10.3. The molecule has 1 aromatic rings. The zero-order chi connectivity index (χ0) is 19.4. The van der Waals surface area contributed by atoms with Gasteiger partial charge in [-0.15, -0.1) is 0 Å². The molecule has 0 aromatic heterocycles. The number of sulfonamides is 2. The quantitative estimate of drug-likeness (QED) is 0.670. The van der Waals surface area contributed by atoms with Crippen molar-refractivity contribution in [2.45, 2.75) is 24.8 Å². The van der Waals surface area contributed by atoms with E-state index in [1.807, 2.05) is 0 Å². The molecule has 0 unspecified atom stereocenters. The third kappa shape index (κ3) is 4.95. The van der Waals surface area contributed by atoms with Crippen molar-refractivity contribution in [2.75, 3.05) is 45.6 Å². The molecule has 0 spiro atoms. The monoisotopic (exact) mass is 405 g/mol. The molecule has 26 heavy (non-hydrogen) atoms. The Kier molecular flexibility index (Phi) is 7.03. The molecule has 1 aliphatic heterocycles. The molecule has 2 rings (SSSR count). The third-order valence-corrected chi connectivity index (χ3v) is 8.22. The highest BCUT2D eigenvalue weighted by Gasteiger charge is 2.30. The number of piperazine rings is 1. The smallest absolute Gasteiger partial charge is 0.243 e. The van der Waals surface area contributed by atoms with Crippen LogP contribution in [0, 0.1) is 0 Å². The summed E-state index contributed by atoms with van der Waals surface area (Å²) in [6.45, 7) is 5.42. The van der Waals surface area contributed by atoms with Crippen molar-refractivity contribution in [2.24, 2.45) is 0 Å². The van der Waals surface area contributed by atoms with E-state index in [1.54, 1.807) is 26.0 Å². The van der Waals surface area contributed by atoms with Gasteiger partial charge in [0.15, 0.2) is 0 Å². The second-order valence-electron chi connectivity index (χ2n) is 6.35. The van der Waals surface area contributed by atoms with Crippen LogP contribution in [-0.2, 0) is 20.0 Å². The van der Waals surface area contributed by atoms with Crippen LogP contribution in [0.5, 0.6) is 5.75 Å². The van der Waals surface area contributed by atoms with E-state index in [0.717, 1.165) is 0 Å². The molecule has 0 amide bonds. The minimum absolute atomic E-state index is 0.0850. The molecule has 0 saturated carbocycles. The molecule has 0 aliphatic carbocycles. The Balaban J connectivity index is 2.16. The minimum atomic E-state index is -3.80. The number of hydrogen-bond donors (Lipinski definition) is 1. The summed E-state index contributed by atoms with van der Waals surface area (Å²) in [6.07, 6.45) is 0. The van der Waals surface area contributed by atoms with E-state index in [0.29, 0.717) is 31.9 Å². The molecule has 0 atom stereocenters. The Labute approximate surface area is 156 Å². The fourth-order valence-electron chi connectivity index (χ4n) is 2.80. The van der Waals surface area contributed by atoms with Crippen LogP contribution < -0.4 is 10.1 Å². The maximum atomic E-state index is 12.9. The van der Waals surface area contributed by atoms with Gasteiger partial charge in [0.1, 0.15) is 5.75 Å². The zero-order valence-corrected chi connectivity index (χ0v) is 17.0. The van der Waals surface area contributed by atoms with Gasteiger partial charge in [-0.3, -0.25) is 0 Å². The van der Waals surface area contributed by atoms with Crippen LogP contribution in [0.25, 0.3) is 0 Å². The Hall–Kier alpha value is -1.20. The van der Waals surface area contributed by atoms with E-state index in [2.05, 4.69) is 5.32 Å². The minimum Gasteiger partial charge on any atom is -0.497 e. The summed E-state index contributed by atoms with van der Waals surface area (Å²) in [5.74, 6) is 0.321. The fourth-order valence-corrected chi connectivity index (χ4v) is 5.97. The first kappa shape index (κ1) is 21.1. The second-order valence-corrected chi connectivity index (χ2v) is 10.3. The summed E-state index contributed by atoms with van der Waals surface area (Å²) in [7, 11) is -5.79. The van der Waals surface area contributed by atoms with E-state index < -0.39 is 20.0 Å². The van der Waals surface area contributed by atoms with Gasteiger partial charge >= 0.3 is 0 Å². The highest BCUT2D eigenvalue weighted by Crippen LogP contribution is 2.21. The van der Waals surface area contributed by atoms with E-state index in [4.69, 9.17) is 4.74 Å². The maximum absolute atomic E-state index is 12.9. The Morgan fingerprint density at radius 2 is 1.69 bits per heavy atom. The molecule has 1 N–H and O–H groups in total. The van der Waals surface area contributed by atoms with Crippen LogP contribution in [0.15, 0.2) is 29.2 Å². The van der Waals surface area contributed by atoms with E-state index in [-0.39, 0.29) is 23.2 Å². The molecule has 8 nitrogen and oxygen atoms in total. The normalized spacial score (nSPS) is 17.0. The van der Waals surface area contributed by atoms with Crippen molar-refractivity contribution in [3.63, 3.8) is 0 Å². The average Bonchev–Trinajstić information content (AvgIpc) is 2.62. The Morgan fingerprint density at radius 1 is 1.12 bits per heavy atom. The van der Waals surface area contributed by atoms with Crippen molar-refractivity contribution < 1.29 is 21.6 Å². The number of benzene rings is 1. The largest absolute Gasteiger partial charge is 0.497 e. The van der Waals surface area contributed by atoms with Gasteiger partial charge in [0.05, 0.1) is 17.8 Å². The summed E-state index contributed by atoms with van der Waals surface area (Å²) in [5.41, 5.74) is 0. The Bertz CT molecular complexity index is 786. The third-order valence-electron chi connectivity index (χ3n) is 4.28. The van der Waals surface area contributed by atoms with E-state index in [1.165, 1.54) is 27.9 Å². The van der Waals surface area contributed by atoms with Crippen molar-refractivity contribution in [1.82, 2.24) is 13.9 Å². The van der Waals surface area contributed by atoms with Gasteiger partial charge in [-0.25, -0.2) is 16.8 Å². The van der Waals surface area contributed by atoms with Gasteiger partial charge in [-0.05, 0) is 38.1 Å². The molecule has 148 valence electrons. The molecule has 1 saturated heterocycles. The number of ether oxygens (including phenoxy) is 1. The molecule has 0 radical (unpaired) electrons. The van der Waals surface area contributed by atoms with Crippen LogP contribution in [0.4, 0.5) is 0 Å². The lowest BCUT2D eigenvalue weighted by Gasteiger charge is -2.29. The first-order chi connectivity index (χ1) is 12.2. The van der Waals surface area contributed by atoms with Crippen LogP contribution in [0.2, 0.25) is 0 Å². The highest BCUT2D eigenvalue weighted by molar-refractivity contribution is 7.90. The summed E-state index contributed by atoms with van der Waals surface area (Å²) in [5, 5.41) is 3.10. The number of methoxy groups -OCH3 is 1. The van der Waals surface area contributed by atoms with Gasteiger partial charge in [-0.1, -0.05) is 0 Å². The predicted octanol–water partition coefficient (Wildman–Crippen LogP) is 0.329. The predicted molar refractivity (Wildman–Crippen MR) is 100 cm³/mol. The Morgan fingerprint density at radius 3 is 2.19 bits per heavy atom. The molecule has 1 heterocycles. The summed E-state index contributed by atoms with van der Waals surface area (Å²) in [4.78, 5) is 0.117. The lowest BCUT2D eigenvalue weighted by molar-refractivity contribution is 0.346. The summed E-state index contributed by atoms with van der Waals surface area (Å²) < 4.78 is 58.6. The number of rotatable bonds is 8. The average molecular weight is 406 g/mol. The van der Waals surface area contributed by atoms with Crippen molar-refractivity contribution in [1.29, 1.82) is 0 Å². The number of nitrogens with one attached hydrogen (secondary N) is 1. The fraction of sp³-hybridized carbons (Fsp3) is 0.625. The molecular formula is C16H27N3O5S2. The van der Waals surface area contributed by atoms with Crippen LogP contribution in [0.1, 0.15) is 13.8 Å². The van der Waals surface area contributed by atoms with Gasteiger partial charge in [0, 0.05) is 38.8 Å². The van der Waals surface area contributed by atoms with Gasteiger partial charge in [0.25, 0.3) is 0 Å².